The van der Waals surface area contributed by atoms with Crippen molar-refractivity contribution in [2.24, 2.45) is 5.41 Å². The van der Waals surface area contributed by atoms with Crippen LogP contribution in [0.4, 0.5) is 0 Å². The van der Waals surface area contributed by atoms with Gasteiger partial charge in [-0.15, -0.1) is 0 Å². The van der Waals surface area contributed by atoms with Gasteiger partial charge in [0, 0.05) is 9.85 Å². The van der Waals surface area contributed by atoms with Gasteiger partial charge >= 0.3 is 0 Å². The third-order valence-electron chi connectivity index (χ3n) is 6.87. The smallest absolute Gasteiger partial charge is 0.259 e. The van der Waals surface area contributed by atoms with Crippen molar-refractivity contribution in [2.45, 2.75) is 49.4 Å². The standard InChI is InChI=1S/C14H24N4O8/c1-12(2)13(17(23)24)4-15-6-14(12,18(25)26)7-16(5-13)11(15)10(22)9(21)8(20)3-19/h8-11,19-22H,3-7H2,1-2H3/t8-,9+,10-,11?,13?,14?/m0/s1. The monoisotopic (exact) mass is 376 g/mol. The number of nitro groups is 2. The van der Waals surface area contributed by atoms with E-state index in [0.717, 1.165) is 0 Å². The number of aliphatic hydroxyl groups excluding tert-OH is 4. The van der Waals surface area contributed by atoms with Crippen LogP contribution in [0.3, 0.4) is 0 Å². The van der Waals surface area contributed by atoms with Crippen molar-refractivity contribution in [3.05, 3.63) is 20.2 Å². The second kappa shape index (κ2) is 5.78. The average Bonchev–Trinajstić information content (AvgIpc) is 2.56. The van der Waals surface area contributed by atoms with E-state index in [1.807, 2.05) is 0 Å². The van der Waals surface area contributed by atoms with Crippen LogP contribution in [0.15, 0.2) is 0 Å². The van der Waals surface area contributed by atoms with Gasteiger partial charge in [-0.2, -0.15) is 0 Å². The highest BCUT2D eigenvalue weighted by Crippen LogP contribution is 2.56. The molecule has 0 spiro atoms. The lowest BCUT2D eigenvalue weighted by atomic mass is 9.53. The van der Waals surface area contributed by atoms with Crippen molar-refractivity contribution in [2.75, 3.05) is 32.8 Å². The third-order valence-corrected chi connectivity index (χ3v) is 6.87. The molecule has 0 radical (unpaired) electrons. The summed E-state index contributed by atoms with van der Waals surface area (Å²) in [5.74, 6) is 0. The Kier molecular flexibility index (Phi) is 4.29. The van der Waals surface area contributed by atoms with Gasteiger partial charge in [0.15, 0.2) is 0 Å². The lowest BCUT2D eigenvalue weighted by Gasteiger charge is -2.66. The van der Waals surface area contributed by atoms with Gasteiger partial charge in [-0.25, -0.2) is 0 Å². The number of hydrogen-bond acceptors (Lipinski definition) is 10. The van der Waals surface area contributed by atoms with Gasteiger partial charge < -0.3 is 20.4 Å². The van der Waals surface area contributed by atoms with E-state index >= 15 is 0 Å². The quantitative estimate of drug-likeness (QED) is 0.278. The van der Waals surface area contributed by atoms with Crippen LogP contribution in [0.5, 0.6) is 0 Å². The second-order valence-corrected chi connectivity index (χ2v) is 8.16. The molecule has 4 aliphatic heterocycles. The van der Waals surface area contributed by atoms with Crippen molar-refractivity contribution in [1.29, 1.82) is 0 Å². The highest BCUT2D eigenvalue weighted by atomic mass is 16.6. The van der Waals surface area contributed by atoms with Crippen LogP contribution in [0, 0.1) is 25.6 Å². The Morgan fingerprint density at radius 1 is 1.00 bits per heavy atom. The lowest BCUT2D eigenvalue weighted by Crippen LogP contribution is -2.91. The Labute approximate surface area is 148 Å². The fourth-order valence-electron chi connectivity index (χ4n) is 5.02. The van der Waals surface area contributed by atoms with E-state index in [2.05, 4.69) is 0 Å². The fourth-order valence-corrected chi connectivity index (χ4v) is 5.02. The van der Waals surface area contributed by atoms with Crippen LogP contribution in [0.25, 0.3) is 0 Å². The molecule has 0 saturated carbocycles. The highest BCUT2D eigenvalue weighted by Gasteiger charge is 2.82. The van der Waals surface area contributed by atoms with Crippen LogP contribution < -0.4 is 0 Å². The second-order valence-electron chi connectivity index (χ2n) is 8.16. The van der Waals surface area contributed by atoms with E-state index in [-0.39, 0.29) is 26.2 Å². The van der Waals surface area contributed by atoms with Gasteiger partial charge in [-0.05, 0) is 13.8 Å². The van der Waals surface area contributed by atoms with Crippen LogP contribution in [0.2, 0.25) is 0 Å². The molecule has 0 unspecified atom stereocenters. The zero-order valence-electron chi connectivity index (χ0n) is 14.6. The van der Waals surface area contributed by atoms with Gasteiger partial charge in [-0.1, -0.05) is 0 Å². The van der Waals surface area contributed by atoms with Crippen LogP contribution in [0.1, 0.15) is 13.8 Å². The van der Waals surface area contributed by atoms with E-state index in [9.17, 15) is 35.5 Å². The highest BCUT2D eigenvalue weighted by molar-refractivity contribution is 5.22. The summed E-state index contributed by atoms with van der Waals surface area (Å²) in [6.07, 6.45) is -5.74. The van der Waals surface area contributed by atoms with Gasteiger partial charge in [0.25, 0.3) is 11.1 Å². The van der Waals surface area contributed by atoms with E-state index in [4.69, 9.17) is 5.11 Å². The van der Waals surface area contributed by atoms with Crippen LogP contribution in [-0.2, 0) is 0 Å². The lowest BCUT2D eigenvalue weighted by molar-refractivity contribution is -0.679. The first-order valence-electron chi connectivity index (χ1n) is 8.37. The molecule has 0 aromatic rings. The van der Waals surface area contributed by atoms with E-state index < -0.39 is 57.4 Å². The van der Waals surface area contributed by atoms with E-state index in [1.165, 1.54) is 9.80 Å². The maximum Gasteiger partial charge on any atom is 0.259 e. The summed E-state index contributed by atoms with van der Waals surface area (Å²) in [4.78, 5) is 25.8. The molecule has 0 aromatic carbocycles. The zero-order chi connectivity index (χ0) is 19.7. The SMILES string of the molecule is CC1(C)C2([N+](=O)[O-])CN3CC1([N+](=O)[O-])CN(C2)C3[C@@H](O)[C@H](O)[C@@H](O)CO. The van der Waals surface area contributed by atoms with Crippen LogP contribution in [-0.4, -0.2) is 108 Å². The minimum Gasteiger partial charge on any atom is -0.394 e. The summed E-state index contributed by atoms with van der Waals surface area (Å²) in [5, 5.41) is 63.0. The summed E-state index contributed by atoms with van der Waals surface area (Å²) in [5.41, 5.74) is -4.40. The number of nitrogens with zero attached hydrogens (tertiary/aromatic N) is 4. The molecule has 4 aliphatic rings. The topological polar surface area (TPSA) is 174 Å². The minimum absolute atomic E-state index is 0.108. The predicted octanol–water partition coefficient (Wildman–Crippen LogP) is -2.91. The molecule has 0 aromatic heterocycles. The number of aliphatic hydroxyl groups is 4. The first-order valence-corrected chi connectivity index (χ1v) is 8.37. The minimum atomic E-state index is -1.69. The predicted molar refractivity (Wildman–Crippen MR) is 85.3 cm³/mol. The molecular weight excluding hydrogens is 352 g/mol. The van der Waals surface area contributed by atoms with Gasteiger partial charge in [0.2, 0.25) is 0 Å². The molecule has 12 heteroatoms. The summed E-state index contributed by atoms with van der Waals surface area (Å²) < 4.78 is 0. The Morgan fingerprint density at radius 2 is 1.38 bits per heavy atom. The molecule has 4 bridgehead atoms. The summed E-state index contributed by atoms with van der Waals surface area (Å²) in [6.45, 7) is 1.90. The maximum atomic E-state index is 11.9. The molecule has 148 valence electrons. The Bertz CT molecular complexity index is 576. The number of piperidine rings is 2. The van der Waals surface area contributed by atoms with Crippen molar-refractivity contribution in [1.82, 2.24) is 9.80 Å². The molecule has 4 heterocycles. The molecule has 0 aliphatic carbocycles. The molecule has 3 atom stereocenters. The van der Waals surface area contributed by atoms with Gasteiger partial charge in [0.1, 0.15) is 23.7 Å². The van der Waals surface area contributed by atoms with Crippen molar-refractivity contribution >= 4 is 0 Å². The molecule has 4 rings (SSSR count). The van der Waals surface area contributed by atoms with Crippen molar-refractivity contribution in [3.8, 4) is 0 Å². The number of hydrogen-bond donors (Lipinski definition) is 4. The zero-order valence-corrected chi connectivity index (χ0v) is 14.6. The molecular formula is C14H24N4O8. The molecule has 4 N–H and O–H groups in total. The van der Waals surface area contributed by atoms with Gasteiger partial charge in [-0.3, -0.25) is 30.0 Å². The van der Waals surface area contributed by atoms with Crippen molar-refractivity contribution in [3.63, 3.8) is 0 Å². The molecule has 0 amide bonds. The number of rotatable bonds is 6. The molecule has 12 nitrogen and oxygen atoms in total. The Morgan fingerprint density at radius 3 is 1.69 bits per heavy atom. The maximum absolute atomic E-state index is 11.9. The molecule has 4 fully saturated rings. The largest absolute Gasteiger partial charge is 0.394 e. The fraction of sp³-hybridized carbons (Fsp3) is 1.00. The van der Waals surface area contributed by atoms with Crippen molar-refractivity contribution < 1.29 is 30.3 Å². The first kappa shape index (κ1) is 19.3. The van der Waals surface area contributed by atoms with Crippen LogP contribution >= 0.6 is 0 Å². The Hall–Kier alpha value is -1.44. The van der Waals surface area contributed by atoms with E-state index in [1.54, 1.807) is 13.8 Å². The average molecular weight is 376 g/mol. The summed E-state index contributed by atoms with van der Waals surface area (Å²) >= 11 is 0. The summed E-state index contributed by atoms with van der Waals surface area (Å²) in [7, 11) is 0. The molecule has 4 saturated heterocycles. The summed E-state index contributed by atoms with van der Waals surface area (Å²) in [6, 6.07) is 0. The van der Waals surface area contributed by atoms with Gasteiger partial charge in [0.05, 0.1) is 39.0 Å². The first-order chi connectivity index (χ1) is 11.9. The van der Waals surface area contributed by atoms with E-state index in [0.29, 0.717) is 0 Å². The normalized spacial score (nSPS) is 43.7. The third kappa shape index (κ3) is 2.11. The Balaban J connectivity index is 2.02. The molecule has 26 heavy (non-hydrogen) atoms.